The molecule has 1 aliphatic heterocycles. The zero-order valence-corrected chi connectivity index (χ0v) is 22.1. The second-order valence-electron chi connectivity index (χ2n) is 10.1. The van der Waals surface area contributed by atoms with Gasteiger partial charge in [0.05, 0.1) is 11.0 Å². The van der Waals surface area contributed by atoms with Crippen molar-refractivity contribution in [2.75, 3.05) is 0 Å². The molecule has 2 heterocycles. The Balaban J connectivity index is 1.49. The summed E-state index contributed by atoms with van der Waals surface area (Å²) in [6.07, 6.45) is 0. The highest BCUT2D eigenvalue weighted by Crippen LogP contribution is 2.55. The second-order valence-corrected chi connectivity index (χ2v) is 12.8. The lowest BCUT2D eigenvalue weighted by Gasteiger charge is -2.17. The topological polar surface area (TPSA) is 22.0 Å². The lowest BCUT2D eigenvalue weighted by Crippen LogP contribution is -2.21. The van der Waals surface area contributed by atoms with E-state index in [1.165, 1.54) is 11.1 Å². The molecule has 6 aromatic carbocycles. The monoisotopic (exact) mass is 517 g/mol. The minimum Gasteiger partial charge on any atom is -0.309 e. The highest BCUT2D eigenvalue weighted by Gasteiger charge is 2.42. The van der Waals surface area contributed by atoms with Crippen LogP contribution in [0.2, 0.25) is 0 Å². The molecule has 1 atom stereocenters. The fourth-order valence-electron chi connectivity index (χ4n) is 6.32. The van der Waals surface area contributed by atoms with E-state index in [9.17, 15) is 0 Å². The molecule has 0 saturated heterocycles. The zero-order valence-electron chi connectivity index (χ0n) is 21.2. The molecule has 0 aliphatic carbocycles. The van der Waals surface area contributed by atoms with E-state index in [0.717, 1.165) is 54.5 Å². The maximum Gasteiger partial charge on any atom is 0.172 e. The van der Waals surface area contributed by atoms with Gasteiger partial charge in [-0.3, -0.25) is 0 Å². The molecule has 0 saturated carbocycles. The Morgan fingerprint density at radius 3 is 2.05 bits per heavy atom. The molecule has 0 bridgehead atoms. The summed E-state index contributed by atoms with van der Waals surface area (Å²) in [4.78, 5) is 0. The SMILES string of the molecule is O=P1(c2ccccc2)c2ccccc2-c2ccc3c(c21)c1ccccc1n3-c1cccc(-c2ccccc2)c1. The largest absolute Gasteiger partial charge is 0.309 e. The van der Waals surface area contributed by atoms with Crippen molar-refractivity contribution < 1.29 is 4.57 Å². The number of rotatable bonds is 3. The molecular formula is C36H24NOP. The van der Waals surface area contributed by atoms with Crippen LogP contribution >= 0.6 is 7.14 Å². The van der Waals surface area contributed by atoms with Crippen molar-refractivity contribution in [3.63, 3.8) is 0 Å². The highest BCUT2D eigenvalue weighted by molar-refractivity contribution is 7.86. The lowest BCUT2D eigenvalue weighted by molar-refractivity contribution is 0.593. The minimum atomic E-state index is -3.10. The van der Waals surface area contributed by atoms with E-state index < -0.39 is 7.14 Å². The van der Waals surface area contributed by atoms with Gasteiger partial charge in [-0.25, -0.2) is 0 Å². The van der Waals surface area contributed by atoms with Crippen LogP contribution in [0.15, 0.2) is 146 Å². The van der Waals surface area contributed by atoms with Crippen LogP contribution in [0.4, 0.5) is 0 Å². The van der Waals surface area contributed by atoms with Gasteiger partial charge in [0.2, 0.25) is 0 Å². The van der Waals surface area contributed by atoms with E-state index in [4.69, 9.17) is 0 Å². The Morgan fingerprint density at radius 2 is 1.21 bits per heavy atom. The van der Waals surface area contributed by atoms with Gasteiger partial charge in [-0.2, -0.15) is 0 Å². The van der Waals surface area contributed by atoms with Crippen molar-refractivity contribution in [3.05, 3.63) is 146 Å². The maximum absolute atomic E-state index is 15.5. The van der Waals surface area contributed by atoms with Crippen LogP contribution in [0.3, 0.4) is 0 Å². The standard InChI is InChI=1S/C36H24NOP/c38-39(28-16-5-2-6-17-28)34-21-10-8-18-29(34)30-22-23-33-35(36(30)39)31-19-7-9-20-32(31)37(33)27-15-11-14-26(24-27)25-12-3-1-4-13-25/h1-24H. The highest BCUT2D eigenvalue weighted by atomic mass is 31.2. The first-order valence-electron chi connectivity index (χ1n) is 13.2. The first-order chi connectivity index (χ1) is 19.2. The third-order valence-corrected chi connectivity index (χ3v) is 11.2. The van der Waals surface area contributed by atoms with Gasteiger partial charge in [0.15, 0.2) is 7.14 Å². The Labute approximate surface area is 227 Å². The molecule has 0 amide bonds. The molecular weight excluding hydrogens is 493 g/mol. The average Bonchev–Trinajstić information content (AvgIpc) is 3.49. The summed E-state index contributed by atoms with van der Waals surface area (Å²) in [7, 11) is -3.10. The molecule has 8 rings (SSSR count). The molecule has 2 nitrogen and oxygen atoms in total. The number of fused-ring (bicyclic) bond motifs is 7. The lowest BCUT2D eigenvalue weighted by atomic mass is 10.0. The van der Waals surface area contributed by atoms with Crippen molar-refractivity contribution in [2.45, 2.75) is 0 Å². The summed E-state index contributed by atoms with van der Waals surface area (Å²) < 4.78 is 17.8. The first kappa shape index (κ1) is 22.3. The quantitative estimate of drug-likeness (QED) is 0.217. The predicted octanol–water partition coefficient (Wildman–Crippen LogP) is 8.07. The Hall–Kier alpha value is -4.65. The summed E-state index contributed by atoms with van der Waals surface area (Å²) >= 11 is 0. The van der Waals surface area contributed by atoms with Crippen LogP contribution < -0.4 is 15.9 Å². The molecule has 184 valence electrons. The molecule has 1 aliphatic rings. The summed E-state index contributed by atoms with van der Waals surface area (Å²) in [6, 6.07) is 50.3. The van der Waals surface area contributed by atoms with Gasteiger partial charge in [-0.1, -0.05) is 121 Å². The van der Waals surface area contributed by atoms with Gasteiger partial charge >= 0.3 is 0 Å². The van der Waals surface area contributed by atoms with Crippen molar-refractivity contribution in [3.8, 4) is 27.9 Å². The van der Waals surface area contributed by atoms with Crippen LogP contribution in [0.5, 0.6) is 0 Å². The van der Waals surface area contributed by atoms with Gasteiger partial charge in [-0.05, 0) is 46.5 Å². The van der Waals surface area contributed by atoms with E-state index in [1.807, 2.05) is 48.5 Å². The molecule has 1 unspecified atom stereocenters. The summed E-state index contributed by atoms with van der Waals surface area (Å²) in [5.74, 6) is 0. The fraction of sp³-hybridized carbons (Fsp3) is 0. The fourth-order valence-corrected chi connectivity index (χ4v) is 9.61. The summed E-state index contributed by atoms with van der Waals surface area (Å²) in [5, 5.41) is 4.98. The van der Waals surface area contributed by atoms with Crippen molar-refractivity contribution in [1.82, 2.24) is 4.57 Å². The van der Waals surface area contributed by atoms with Crippen LogP contribution in [0.1, 0.15) is 0 Å². The molecule has 0 spiro atoms. The van der Waals surface area contributed by atoms with Gasteiger partial charge in [0.25, 0.3) is 0 Å². The molecule has 3 heteroatoms. The van der Waals surface area contributed by atoms with Crippen molar-refractivity contribution in [2.24, 2.45) is 0 Å². The number of hydrogen-bond donors (Lipinski definition) is 0. The predicted molar refractivity (Wildman–Crippen MR) is 165 cm³/mol. The molecule has 0 fully saturated rings. The minimum absolute atomic E-state index is 0.881. The van der Waals surface area contributed by atoms with Gasteiger partial charge in [0.1, 0.15) is 0 Å². The van der Waals surface area contributed by atoms with Gasteiger partial charge in [-0.15, -0.1) is 0 Å². The van der Waals surface area contributed by atoms with E-state index in [0.29, 0.717) is 0 Å². The molecule has 39 heavy (non-hydrogen) atoms. The van der Waals surface area contributed by atoms with Crippen molar-refractivity contribution in [1.29, 1.82) is 0 Å². The van der Waals surface area contributed by atoms with Gasteiger partial charge < -0.3 is 9.13 Å². The molecule has 0 N–H and O–H groups in total. The Kier molecular flexibility index (Phi) is 4.83. The zero-order chi connectivity index (χ0) is 26.0. The number of nitrogens with zero attached hydrogens (tertiary/aromatic N) is 1. The van der Waals surface area contributed by atoms with Crippen LogP contribution in [0.25, 0.3) is 49.7 Å². The molecule has 1 aromatic heterocycles. The van der Waals surface area contributed by atoms with E-state index in [1.54, 1.807) is 0 Å². The molecule has 7 aromatic rings. The summed E-state index contributed by atoms with van der Waals surface area (Å²) in [5.41, 5.74) is 7.78. The second kappa shape index (κ2) is 8.43. The normalized spacial score (nSPS) is 15.9. The van der Waals surface area contributed by atoms with E-state index >= 15 is 4.57 Å². The van der Waals surface area contributed by atoms with E-state index in [-0.39, 0.29) is 0 Å². The smallest absolute Gasteiger partial charge is 0.172 e. The van der Waals surface area contributed by atoms with E-state index in [2.05, 4.69) is 102 Å². The number of hydrogen-bond acceptors (Lipinski definition) is 1. The third kappa shape index (κ3) is 3.13. The van der Waals surface area contributed by atoms with Crippen LogP contribution in [-0.4, -0.2) is 4.57 Å². The maximum atomic E-state index is 15.5. The van der Waals surface area contributed by atoms with Crippen LogP contribution in [0, 0.1) is 0 Å². The number of para-hydroxylation sites is 1. The molecule has 0 radical (unpaired) electrons. The number of benzene rings is 6. The van der Waals surface area contributed by atoms with Gasteiger partial charge in [0, 0.05) is 32.4 Å². The van der Waals surface area contributed by atoms with Crippen LogP contribution in [-0.2, 0) is 4.57 Å². The number of aromatic nitrogens is 1. The third-order valence-electron chi connectivity index (χ3n) is 7.99. The summed E-state index contributed by atoms with van der Waals surface area (Å²) in [6.45, 7) is 0. The van der Waals surface area contributed by atoms with Crippen molar-refractivity contribution >= 4 is 44.9 Å². The Morgan fingerprint density at radius 1 is 0.513 bits per heavy atom. The first-order valence-corrected chi connectivity index (χ1v) is 14.9. The Bertz CT molecular complexity index is 2090. The average molecular weight is 518 g/mol.